The Kier molecular flexibility index (Phi) is 8.39. The average Bonchev–Trinajstić information content (AvgIpc) is 3.41. The molecule has 0 spiro atoms. The van der Waals surface area contributed by atoms with E-state index in [4.69, 9.17) is 0 Å². The molecule has 3 heterocycles. The zero-order valence-corrected chi connectivity index (χ0v) is 19.5. The lowest BCUT2D eigenvalue weighted by Gasteiger charge is -2.40. The number of hydrogen-bond acceptors (Lipinski definition) is 6. The highest BCUT2D eigenvalue weighted by Gasteiger charge is 2.27. The smallest absolute Gasteiger partial charge is 0.309 e. The summed E-state index contributed by atoms with van der Waals surface area (Å²) in [5.41, 5.74) is 1.55. The van der Waals surface area contributed by atoms with Gasteiger partial charge in [0, 0.05) is 70.6 Å². The number of carbonyl (C=O) groups is 2. The van der Waals surface area contributed by atoms with E-state index in [-0.39, 0.29) is 18.4 Å². The molecule has 1 aliphatic rings. The molecule has 1 aliphatic heterocycles. The highest BCUT2D eigenvalue weighted by Crippen LogP contribution is 2.25. The maximum Gasteiger partial charge on any atom is 0.309 e. The summed E-state index contributed by atoms with van der Waals surface area (Å²) in [4.78, 5) is 37.1. The van der Waals surface area contributed by atoms with Crippen molar-refractivity contribution in [2.75, 3.05) is 44.2 Å². The Bertz CT molecular complexity index is 1090. The van der Waals surface area contributed by atoms with Crippen molar-refractivity contribution in [1.82, 2.24) is 30.1 Å². The van der Waals surface area contributed by atoms with Crippen molar-refractivity contribution >= 4 is 17.5 Å². The summed E-state index contributed by atoms with van der Waals surface area (Å²) in [6.07, 6.45) is 9.43. The van der Waals surface area contributed by atoms with Gasteiger partial charge in [0.25, 0.3) is 0 Å². The number of imidazole rings is 1. The quantitative estimate of drug-likeness (QED) is 0.358. The molecule has 0 bridgehead atoms. The van der Waals surface area contributed by atoms with E-state index in [1.807, 2.05) is 33.9 Å². The summed E-state index contributed by atoms with van der Waals surface area (Å²) in [6.45, 7) is 4.06. The Hall–Kier alpha value is -3.79. The van der Waals surface area contributed by atoms with E-state index in [1.165, 1.54) is 6.07 Å². The molecule has 2 aromatic heterocycles. The van der Waals surface area contributed by atoms with Crippen LogP contribution in [0.25, 0.3) is 0 Å². The van der Waals surface area contributed by atoms with Crippen molar-refractivity contribution in [2.45, 2.75) is 19.0 Å². The van der Waals surface area contributed by atoms with Crippen molar-refractivity contribution in [2.24, 2.45) is 0 Å². The van der Waals surface area contributed by atoms with Crippen LogP contribution in [0.5, 0.6) is 0 Å². The van der Waals surface area contributed by atoms with E-state index in [9.17, 15) is 14.0 Å². The van der Waals surface area contributed by atoms with Crippen LogP contribution in [-0.2, 0) is 16.1 Å². The Balaban J connectivity index is 1.30. The van der Waals surface area contributed by atoms with Crippen LogP contribution in [0.2, 0.25) is 0 Å². The minimum atomic E-state index is -0.661. The fourth-order valence-corrected chi connectivity index (χ4v) is 4.25. The molecule has 1 fully saturated rings. The number of aromatic nitrogens is 3. The van der Waals surface area contributed by atoms with E-state index in [2.05, 4.69) is 25.5 Å². The zero-order valence-electron chi connectivity index (χ0n) is 19.5. The Morgan fingerprint density at radius 1 is 0.971 bits per heavy atom. The molecule has 2 amide bonds. The molecule has 3 aromatic rings. The van der Waals surface area contributed by atoms with Gasteiger partial charge < -0.3 is 20.1 Å². The van der Waals surface area contributed by atoms with Gasteiger partial charge in [0.2, 0.25) is 0 Å². The summed E-state index contributed by atoms with van der Waals surface area (Å²) in [5.74, 6) is -1.54. The lowest BCUT2D eigenvalue weighted by molar-refractivity contribution is -0.139. The number of anilines is 1. The molecule has 4 rings (SSSR count). The predicted molar refractivity (Wildman–Crippen MR) is 130 cm³/mol. The molecule has 1 atom stereocenters. The molecule has 9 nitrogen and oxygen atoms in total. The molecular formula is C25H30FN7O2. The summed E-state index contributed by atoms with van der Waals surface area (Å²) >= 11 is 0. The SMILES string of the molecule is O=C(NCCCn1ccnc1)C(=O)NCC(c1cccnc1)N1CCN(c2ccccc2F)CC1. The molecule has 1 saturated heterocycles. The first-order valence-corrected chi connectivity index (χ1v) is 11.8. The molecule has 35 heavy (non-hydrogen) atoms. The lowest BCUT2D eigenvalue weighted by atomic mass is 10.1. The number of halogens is 1. The number of nitrogens with one attached hydrogen (secondary N) is 2. The standard InChI is InChI=1S/C25H30FN7O2/c26-21-6-1-2-7-22(21)32-13-15-33(16-14-32)23(20-5-3-8-27-17-20)18-30-25(35)24(34)29-9-4-11-31-12-10-28-19-31/h1-3,5-8,10,12,17,19,23H,4,9,11,13-16,18H2,(H,29,34)(H,30,35). The van der Waals surface area contributed by atoms with Crippen molar-refractivity contribution < 1.29 is 14.0 Å². The van der Waals surface area contributed by atoms with Crippen molar-refractivity contribution in [3.05, 3.63) is 78.9 Å². The van der Waals surface area contributed by atoms with Crippen molar-refractivity contribution in [1.29, 1.82) is 0 Å². The van der Waals surface area contributed by atoms with Gasteiger partial charge in [-0.2, -0.15) is 0 Å². The molecule has 0 saturated carbocycles. The van der Waals surface area contributed by atoms with E-state index < -0.39 is 11.8 Å². The van der Waals surface area contributed by atoms with Crippen LogP contribution in [-0.4, -0.2) is 70.5 Å². The van der Waals surface area contributed by atoms with Crippen LogP contribution in [0.4, 0.5) is 10.1 Å². The number of amides is 2. The second kappa shape index (κ2) is 12.1. The van der Waals surface area contributed by atoms with E-state index >= 15 is 0 Å². The molecule has 184 valence electrons. The van der Waals surface area contributed by atoms with Gasteiger partial charge in [0.05, 0.1) is 18.1 Å². The fraction of sp³-hybridized carbons (Fsp3) is 0.360. The first kappa shape index (κ1) is 24.3. The van der Waals surface area contributed by atoms with Crippen LogP contribution in [0, 0.1) is 5.82 Å². The minimum absolute atomic E-state index is 0.149. The van der Waals surface area contributed by atoms with Crippen LogP contribution < -0.4 is 15.5 Å². The van der Waals surface area contributed by atoms with Gasteiger partial charge in [-0.3, -0.25) is 19.5 Å². The maximum atomic E-state index is 14.2. The van der Waals surface area contributed by atoms with E-state index in [0.29, 0.717) is 51.4 Å². The maximum absolute atomic E-state index is 14.2. The Labute approximate surface area is 204 Å². The van der Waals surface area contributed by atoms with Crippen molar-refractivity contribution in [3.8, 4) is 0 Å². The summed E-state index contributed by atoms with van der Waals surface area (Å²) in [5, 5.41) is 5.44. The Morgan fingerprint density at radius 3 is 2.49 bits per heavy atom. The van der Waals surface area contributed by atoms with Gasteiger partial charge >= 0.3 is 11.8 Å². The van der Waals surface area contributed by atoms with E-state index in [0.717, 1.165) is 5.56 Å². The van der Waals surface area contributed by atoms with Crippen LogP contribution >= 0.6 is 0 Å². The van der Waals surface area contributed by atoms with Gasteiger partial charge in [-0.25, -0.2) is 9.37 Å². The first-order chi connectivity index (χ1) is 17.1. The van der Waals surface area contributed by atoms with Gasteiger partial charge in [0.15, 0.2) is 0 Å². The number of para-hydroxylation sites is 1. The average molecular weight is 480 g/mol. The number of piperazine rings is 1. The lowest BCUT2D eigenvalue weighted by Crippen LogP contribution is -2.51. The number of rotatable bonds is 9. The molecule has 10 heteroatoms. The second-order valence-electron chi connectivity index (χ2n) is 8.40. The van der Waals surface area contributed by atoms with Crippen LogP contribution in [0.1, 0.15) is 18.0 Å². The number of carbonyl (C=O) groups excluding carboxylic acids is 2. The molecule has 1 unspecified atom stereocenters. The third-order valence-electron chi connectivity index (χ3n) is 6.12. The molecule has 0 radical (unpaired) electrons. The molecule has 2 N–H and O–H groups in total. The van der Waals surface area contributed by atoms with Gasteiger partial charge in [-0.15, -0.1) is 0 Å². The normalized spacial score (nSPS) is 14.9. The first-order valence-electron chi connectivity index (χ1n) is 11.8. The van der Waals surface area contributed by atoms with Crippen molar-refractivity contribution in [3.63, 3.8) is 0 Å². The zero-order chi connectivity index (χ0) is 24.5. The monoisotopic (exact) mass is 479 g/mol. The van der Waals surface area contributed by atoms with Gasteiger partial charge in [-0.1, -0.05) is 18.2 Å². The molecule has 1 aromatic carbocycles. The third kappa shape index (κ3) is 6.63. The number of pyridine rings is 1. The fourth-order valence-electron chi connectivity index (χ4n) is 4.25. The van der Waals surface area contributed by atoms with Gasteiger partial charge in [-0.05, 0) is 30.2 Å². The second-order valence-corrected chi connectivity index (χ2v) is 8.40. The predicted octanol–water partition coefficient (Wildman–Crippen LogP) is 1.60. The molecular weight excluding hydrogens is 449 g/mol. The summed E-state index contributed by atoms with van der Waals surface area (Å²) < 4.78 is 16.1. The largest absolute Gasteiger partial charge is 0.367 e. The van der Waals surface area contributed by atoms with Crippen LogP contribution in [0.3, 0.4) is 0 Å². The topological polar surface area (TPSA) is 95.4 Å². The molecule has 0 aliphatic carbocycles. The minimum Gasteiger partial charge on any atom is -0.367 e. The van der Waals surface area contributed by atoms with E-state index in [1.54, 1.807) is 37.1 Å². The Morgan fingerprint density at radius 2 is 1.77 bits per heavy atom. The number of hydrogen-bond donors (Lipinski definition) is 2. The third-order valence-corrected chi connectivity index (χ3v) is 6.12. The number of benzene rings is 1. The number of aryl methyl sites for hydroxylation is 1. The summed E-state index contributed by atoms with van der Waals surface area (Å²) in [6, 6.07) is 10.4. The highest BCUT2D eigenvalue weighted by atomic mass is 19.1. The highest BCUT2D eigenvalue weighted by molar-refractivity contribution is 6.35. The van der Waals surface area contributed by atoms with Crippen LogP contribution in [0.15, 0.2) is 67.5 Å². The van der Waals surface area contributed by atoms with Gasteiger partial charge in [0.1, 0.15) is 5.82 Å². The summed E-state index contributed by atoms with van der Waals surface area (Å²) in [7, 11) is 0. The number of nitrogens with zero attached hydrogens (tertiary/aromatic N) is 5.